The lowest BCUT2D eigenvalue weighted by Gasteiger charge is -2.22. The Balaban J connectivity index is 0.00000324. The lowest BCUT2D eigenvalue weighted by molar-refractivity contribution is -0.131. The minimum atomic E-state index is -0.233. The molecule has 1 aromatic carbocycles. The second kappa shape index (κ2) is 9.75. The summed E-state index contributed by atoms with van der Waals surface area (Å²) in [5.74, 6) is -0.154. The van der Waals surface area contributed by atoms with E-state index in [2.05, 4.69) is 0 Å². The minimum Gasteiger partial charge on any atom is -0.342 e. The molecule has 5 heteroatoms. The average molecular weight is 289 g/mol. The van der Waals surface area contributed by atoms with Gasteiger partial charge in [0, 0.05) is 26.1 Å². The zero-order chi connectivity index (χ0) is 13.4. The SMILES string of the molecule is CCCN(CCc1cccc(F)c1)C(=O)CCN.Cl. The van der Waals surface area contributed by atoms with Gasteiger partial charge in [0.05, 0.1) is 0 Å². The van der Waals surface area contributed by atoms with Gasteiger partial charge in [0.1, 0.15) is 5.82 Å². The summed E-state index contributed by atoms with van der Waals surface area (Å²) in [7, 11) is 0. The van der Waals surface area contributed by atoms with Crippen molar-refractivity contribution in [3.63, 3.8) is 0 Å². The molecule has 0 atom stereocenters. The van der Waals surface area contributed by atoms with E-state index < -0.39 is 0 Å². The van der Waals surface area contributed by atoms with Crippen LogP contribution in [-0.2, 0) is 11.2 Å². The summed E-state index contributed by atoms with van der Waals surface area (Å²) in [6.45, 7) is 3.76. The Bertz CT molecular complexity index is 387. The van der Waals surface area contributed by atoms with Crippen LogP contribution in [0.5, 0.6) is 0 Å². The molecule has 0 heterocycles. The fraction of sp³-hybridized carbons (Fsp3) is 0.500. The van der Waals surface area contributed by atoms with Crippen LogP contribution in [0.1, 0.15) is 25.3 Å². The molecule has 0 bridgehead atoms. The van der Waals surface area contributed by atoms with Gasteiger partial charge in [-0.2, -0.15) is 0 Å². The van der Waals surface area contributed by atoms with Crippen molar-refractivity contribution in [1.29, 1.82) is 0 Å². The first-order chi connectivity index (χ1) is 8.67. The second-order valence-corrected chi connectivity index (χ2v) is 4.30. The Morgan fingerprint density at radius 1 is 1.37 bits per heavy atom. The zero-order valence-electron chi connectivity index (χ0n) is 11.3. The number of benzene rings is 1. The molecule has 19 heavy (non-hydrogen) atoms. The maximum absolute atomic E-state index is 13.0. The molecule has 0 aliphatic rings. The third kappa shape index (κ3) is 6.55. The lowest BCUT2D eigenvalue weighted by Crippen LogP contribution is -2.34. The predicted molar refractivity (Wildman–Crippen MR) is 77.9 cm³/mol. The summed E-state index contributed by atoms with van der Waals surface area (Å²) in [5.41, 5.74) is 6.31. The standard InChI is InChI=1S/C14H21FN2O.ClH/c1-2-9-17(14(18)6-8-16)10-7-12-4-3-5-13(15)11-12;/h3-5,11H,2,6-10,16H2,1H3;1H. The molecule has 1 aromatic rings. The largest absolute Gasteiger partial charge is 0.342 e. The van der Waals surface area contributed by atoms with E-state index in [1.807, 2.05) is 13.0 Å². The molecular formula is C14H22ClFN2O. The van der Waals surface area contributed by atoms with E-state index in [1.54, 1.807) is 11.0 Å². The molecule has 0 spiro atoms. The molecule has 0 aliphatic carbocycles. The van der Waals surface area contributed by atoms with Gasteiger partial charge in [-0.25, -0.2) is 4.39 Å². The highest BCUT2D eigenvalue weighted by atomic mass is 35.5. The van der Waals surface area contributed by atoms with Crippen LogP contribution in [0.4, 0.5) is 4.39 Å². The van der Waals surface area contributed by atoms with Crippen molar-refractivity contribution in [1.82, 2.24) is 4.90 Å². The van der Waals surface area contributed by atoms with Crippen molar-refractivity contribution in [2.75, 3.05) is 19.6 Å². The number of rotatable bonds is 7. The van der Waals surface area contributed by atoms with Crippen LogP contribution >= 0.6 is 12.4 Å². The molecule has 2 N–H and O–H groups in total. The highest BCUT2D eigenvalue weighted by Crippen LogP contribution is 2.06. The van der Waals surface area contributed by atoms with Crippen molar-refractivity contribution < 1.29 is 9.18 Å². The Labute approximate surface area is 120 Å². The number of hydrogen-bond acceptors (Lipinski definition) is 2. The number of nitrogens with zero attached hydrogens (tertiary/aromatic N) is 1. The zero-order valence-corrected chi connectivity index (χ0v) is 12.1. The van der Waals surface area contributed by atoms with E-state index in [1.165, 1.54) is 12.1 Å². The molecular weight excluding hydrogens is 267 g/mol. The van der Waals surface area contributed by atoms with E-state index in [0.717, 1.165) is 18.5 Å². The fourth-order valence-electron chi connectivity index (χ4n) is 1.87. The number of carbonyl (C=O) groups excluding carboxylic acids is 1. The van der Waals surface area contributed by atoms with Crippen molar-refractivity contribution in [2.24, 2.45) is 5.73 Å². The third-order valence-electron chi connectivity index (χ3n) is 2.76. The van der Waals surface area contributed by atoms with Crippen LogP contribution in [-0.4, -0.2) is 30.4 Å². The maximum atomic E-state index is 13.0. The molecule has 3 nitrogen and oxygen atoms in total. The van der Waals surface area contributed by atoms with Crippen molar-refractivity contribution in [3.8, 4) is 0 Å². The summed E-state index contributed by atoms with van der Waals surface area (Å²) in [6, 6.07) is 6.50. The van der Waals surface area contributed by atoms with E-state index in [0.29, 0.717) is 25.9 Å². The third-order valence-corrected chi connectivity index (χ3v) is 2.76. The number of halogens is 2. The molecule has 108 valence electrons. The minimum absolute atomic E-state index is 0. The van der Waals surface area contributed by atoms with Gasteiger partial charge in [-0.3, -0.25) is 4.79 Å². The fourth-order valence-corrected chi connectivity index (χ4v) is 1.87. The van der Waals surface area contributed by atoms with Crippen molar-refractivity contribution in [3.05, 3.63) is 35.6 Å². The Morgan fingerprint density at radius 3 is 2.68 bits per heavy atom. The summed E-state index contributed by atoms with van der Waals surface area (Å²) >= 11 is 0. The van der Waals surface area contributed by atoms with Gasteiger partial charge in [-0.15, -0.1) is 12.4 Å². The van der Waals surface area contributed by atoms with Crippen LogP contribution in [0, 0.1) is 5.82 Å². The van der Waals surface area contributed by atoms with Gasteiger partial charge < -0.3 is 10.6 Å². The van der Waals surface area contributed by atoms with E-state index in [4.69, 9.17) is 5.73 Å². The monoisotopic (exact) mass is 288 g/mol. The topological polar surface area (TPSA) is 46.3 Å². The molecule has 0 saturated heterocycles. The van der Waals surface area contributed by atoms with Gasteiger partial charge >= 0.3 is 0 Å². The lowest BCUT2D eigenvalue weighted by atomic mass is 10.1. The number of hydrogen-bond donors (Lipinski definition) is 1. The van der Waals surface area contributed by atoms with Gasteiger partial charge in [0.2, 0.25) is 5.91 Å². The van der Waals surface area contributed by atoms with Crippen LogP contribution in [0.3, 0.4) is 0 Å². The Morgan fingerprint density at radius 2 is 2.11 bits per heavy atom. The Hall–Kier alpha value is -1.13. The van der Waals surface area contributed by atoms with E-state index in [-0.39, 0.29) is 24.1 Å². The normalized spacial score (nSPS) is 9.84. The van der Waals surface area contributed by atoms with Crippen molar-refractivity contribution in [2.45, 2.75) is 26.2 Å². The highest BCUT2D eigenvalue weighted by Gasteiger charge is 2.11. The molecule has 0 unspecified atom stereocenters. The first kappa shape index (κ1) is 17.9. The summed E-state index contributed by atoms with van der Waals surface area (Å²) in [5, 5.41) is 0. The molecule has 0 aliphatic heterocycles. The van der Waals surface area contributed by atoms with Crippen LogP contribution in [0.15, 0.2) is 24.3 Å². The highest BCUT2D eigenvalue weighted by molar-refractivity contribution is 5.85. The molecule has 0 radical (unpaired) electrons. The van der Waals surface area contributed by atoms with E-state index >= 15 is 0 Å². The summed E-state index contributed by atoms with van der Waals surface area (Å²) in [4.78, 5) is 13.6. The Kier molecular flexibility index (Phi) is 9.17. The van der Waals surface area contributed by atoms with Gasteiger partial charge in [0.15, 0.2) is 0 Å². The molecule has 0 aromatic heterocycles. The summed E-state index contributed by atoms with van der Waals surface area (Å²) in [6.07, 6.45) is 1.97. The second-order valence-electron chi connectivity index (χ2n) is 4.30. The molecule has 0 saturated carbocycles. The van der Waals surface area contributed by atoms with Gasteiger partial charge in [0.25, 0.3) is 0 Å². The first-order valence-corrected chi connectivity index (χ1v) is 6.39. The smallest absolute Gasteiger partial charge is 0.223 e. The molecule has 0 fully saturated rings. The van der Waals surface area contributed by atoms with E-state index in [9.17, 15) is 9.18 Å². The number of carbonyl (C=O) groups is 1. The summed E-state index contributed by atoms with van der Waals surface area (Å²) < 4.78 is 13.0. The first-order valence-electron chi connectivity index (χ1n) is 6.39. The van der Waals surface area contributed by atoms with Crippen LogP contribution in [0.2, 0.25) is 0 Å². The number of amides is 1. The average Bonchev–Trinajstić information content (AvgIpc) is 2.35. The van der Waals surface area contributed by atoms with Gasteiger partial charge in [-0.1, -0.05) is 19.1 Å². The van der Waals surface area contributed by atoms with Crippen LogP contribution < -0.4 is 5.73 Å². The van der Waals surface area contributed by atoms with Gasteiger partial charge in [-0.05, 0) is 30.5 Å². The molecule has 1 rings (SSSR count). The maximum Gasteiger partial charge on any atom is 0.223 e. The predicted octanol–water partition coefficient (Wildman–Crippen LogP) is 2.38. The van der Waals surface area contributed by atoms with Crippen LogP contribution in [0.25, 0.3) is 0 Å². The van der Waals surface area contributed by atoms with Crippen molar-refractivity contribution >= 4 is 18.3 Å². The molecule has 1 amide bonds. The number of nitrogens with two attached hydrogens (primary N) is 1. The quantitative estimate of drug-likeness (QED) is 0.837.